The quantitative estimate of drug-likeness (QED) is 0.644. The third-order valence-electron chi connectivity index (χ3n) is 2.97. The molecular weight excluding hydrogens is 261 g/mol. The maximum atomic E-state index is 13.0. The molecule has 20 heavy (non-hydrogen) atoms. The number of nitrogens with zero attached hydrogens (tertiary/aromatic N) is 1. The molecule has 0 fully saturated rings. The lowest BCUT2D eigenvalue weighted by molar-refractivity contribution is 0.376. The number of nitrogens with one attached hydrogen (secondary N) is 1. The predicted octanol–water partition coefficient (Wildman–Crippen LogP) is 1.79. The van der Waals surface area contributed by atoms with Crippen LogP contribution in [0.25, 0.3) is 0 Å². The molecule has 0 bridgehead atoms. The maximum Gasteiger partial charge on any atom is 0.141 e. The van der Waals surface area contributed by atoms with Gasteiger partial charge >= 0.3 is 0 Å². The Kier molecular flexibility index (Phi) is 4.49. The Morgan fingerprint density at radius 1 is 1.15 bits per heavy atom. The van der Waals surface area contributed by atoms with E-state index in [-0.39, 0.29) is 0 Å². The maximum absolute atomic E-state index is 13.0. The molecule has 1 aromatic heterocycles. The fourth-order valence-corrected chi connectivity index (χ4v) is 2.04. The van der Waals surface area contributed by atoms with Gasteiger partial charge in [0, 0.05) is 0 Å². The van der Waals surface area contributed by atoms with Gasteiger partial charge in [-0.25, -0.2) is 9.82 Å². The first kappa shape index (κ1) is 14.2. The van der Waals surface area contributed by atoms with Crippen molar-refractivity contribution in [3.8, 4) is 11.5 Å². The average Bonchev–Trinajstić information content (AvgIpc) is 2.49. The van der Waals surface area contributed by atoms with Crippen LogP contribution in [0.2, 0.25) is 0 Å². The van der Waals surface area contributed by atoms with E-state index in [1.165, 1.54) is 6.07 Å². The average molecular weight is 277 g/mol. The van der Waals surface area contributed by atoms with E-state index in [2.05, 4.69) is 10.4 Å². The number of methoxy groups -OCH3 is 2. The number of hydrogen-bond donors (Lipinski definition) is 2. The lowest BCUT2D eigenvalue weighted by atomic mass is 10.0. The summed E-state index contributed by atoms with van der Waals surface area (Å²) < 4.78 is 23.7. The van der Waals surface area contributed by atoms with Crippen molar-refractivity contribution in [3.63, 3.8) is 0 Å². The lowest BCUT2D eigenvalue weighted by Gasteiger charge is -2.21. The largest absolute Gasteiger partial charge is 0.496 e. The molecule has 1 aromatic carbocycles. The molecule has 0 aliphatic rings. The Bertz CT molecular complexity index is 553. The molecule has 6 heteroatoms. The molecule has 0 radical (unpaired) electrons. The topological polar surface area (TPSA) is 69.4 Å². The van der Waals surface area contributed by atoms with Gasteiger partial charge in [-0.3, -0.25) is 10.8 Å². The zero-order chi connectivity index (χ0) is 14.5. The highest BCUT2D eigenvalue weighted by Crippen LogP contribution is 2.36. The minimum absolute atomic E-state index is 0.406. The molecular formula is C14H16FN3O2. The van der Waals surface area contributed by atoms with Gasteiger partial charge in [0.05, 0.1) is 37.7 Å². The Labute approximate surface area is 116 Å². The normalized spacial score (nSPS) is 12.0. The van der Waals surface area contributed by atoms with Gasteiger partial charge in [-0.05, 0) is 24.3 Å². The standard InChI is InChI=1S/C14H16FN3O2/c1-19-11-4-3-5-12(20-2)13(11)14(18-16)10-7-6-9(15)8-17-10/h3-8,14,18H,16H2,1-2H3. The van der Waals surface area contributed by atoms with Crippen molar-refractivity contribution >= 4 is 0 Å². The van der Waals surface area contributed by atoms with Crippen LogP contribution >= 0.6 is 0 Å². The molecule has 0 amide bonds. The van der Waals surface area contributed by atoms with Crippen LogP contribution in [0, 0.1) is 5.82 Å². The van der Waals surface area contributed by atoms with Crippen LogP contribution in [0.5, 0.6) is 11.5 Å². The fraction of sp³-hybridized carbons (Fsp3) is 0.214. The number of benzene rings is 1. The lowest BCUT2D eigenvalue weighted by Crippen LogP contribution is -2.30. The van der Waals surface area contributed by atoms with Crippen LogP contribution in [0.1, 0.15) is 17.3 Å². The fourth-order valence-electron chi connectivity index (χ4n) is 2.04. The monoisotopic (exact) mass is 277 g/mol. The van der Waals surface area contributed by atoms with E-state index >= 15 is 0 Å². The molecule has 1 unspecified atom stereocenters. The smallest absolute Gasteiger partial charge is 0.141 e. The number of nitrogens with two attached hydrogens (primary N) is 1. The predicted molar refractivity (Wildman–Crippen MR) is 72.9 cm³/mol. The third-order valence-corrected chi connectivity index (χ3v) is 2.97. The van der Waals surface area contributed by atoms with E-state index in [9.17, 15) is 4.39 Å². The van der Waals surface area contributed by atoms with Gasteiger partial charge in [-0.15, -0.1) is 0 Å². The van der Waals surface area contributed by atoms with Crippen LogP contribution < -0.4 is 20.7 Å². The van der Waals surface area contributed by atoms with Gasteiger partial charge in [0.15, 0.2) is 0 Å². The zero-order valence-corrected chi connectivity index (χ0v) is 11.3. The van der Waals surface area contributed by atoms with Crippen molar-refractivity contribution in [2.75, 3.05) is 14.2 Å². The number of aromatic nitrogens is 1. The molecule has 0 aliphatic carbocycles. The Balaban J connectivity index is 2.53. The first-order chi connectivity index (χ1) is 9.71. The van der Waals surface area contributed by atoms with Crippen LogP contribution in [-0.4, -0.2) is 19.2 Å². The van der Waals surface area contributed by atoms with Crippen molar-refractivity contribution in [2.45, 2.75) is 6.04 Å². The number of pyridine rings is 1. The van der Waals surface area contributed by atoms with Gasteiger partial charge in [0.25, 0.3) is 0 Å². The van der Waals surface area contributed by atoms with E-state index in [1.807, 2.05) is 6.07 Å². The second kappa shape index (κ2) is 6.31. The van der Waals surface area contributed by atoms with Crippen LogP contribution in [0.4, 0.5) is 4.39 Å². The third kappa shape index (κ3) is 2.71. The van der Waals surface area contributed by atoms with Gasteiger partial charge in [0.2, 0.25) is 0 Å². The van der Waals surface area contributed by atoms with E-state index in [0.717, 1.165) is 6.20 Å². The summed E-state index contributed by atoms with van der Waals surface area (Å²) in [7, 11) is 3.12. The van der Waals surface area contributed by atoms with E-state index in [1.54, 1.807) is 32.4 Å². The zero-order valence-electron chi connectivity index (χ0n) is 11.3. The van der Waals surface area contributed by atoms with E-state index in [0.29, 0.717) is 22.8 Å². The minimum Gasteiger partial charge on any atom is -0.496 e. The molecule has 0 spiro atoms. The molecule has 1 atom stereocenters. The summed E-state index contributed by atoms with van der Waals surface area (Å²) in [5.41, 5.74) is 3.93. The van der Waals surface area contributed by atoms with Crippen molar-refractivity contribution in [1.82, 2.24) is 10.4 Å². The number of hydrogen-bond acceptors (Lipinski definition) is 5. The highest BCUT2D eigenvalue weighted by Gasteiger charge is 2.22. The van der Waals surface area contributed by atoms with Gasteiger partial charge in [-0.1, -0.05) is 6.07 Å². The Hall–Kier alpha value is -2.18. The van der Waals surface area contributed by atoms with E-state index < -0.39 is 11.9 Å². The molecule has 0 saturated carbocycles. The Morgan fingerprint density at radius 3 is 2.25 bits per heavy atom. The summed E-state index contributed by atoms with van der Waals surface area (Å²) in [5, 5.41) is 0. The summed E-state index contributed by atoms with van der Waals surface area (Å²) in [6.07, 6.45) is 1.14. The number of hydrazine groups is 1. The highest BCUT2D eigenvalue weighted by atomic mass is 19.1. The van der Waals surface area contributed by atoms with Crippen molar-refractivity contribution in [3.05, 3.63) is 53.6 Å². The molecule has 5 nitrogen and oxygen atoms in total. The minimum atomic E-state index is -0.471. The second-order valence-electron chi connectivity index (χ2n) is 4.08. The van der Waals surface area contributed by atoms with Gasteiger partial charge in [-0.2, -0.15) is 0 Å². The first-order valence-corrected chi connectivity index (χ1v) is 5.99. The Morgan fingerprint density at radius 2 is 1.80 bits per heavy atom. The van der Waals surface area contributed by atoms with Crippen molar-refractivity contribution in [2.24, 2.45) is 5.84 Å². The molecule has 106 valence electrons. The summed E-state index contributed by atoms with van der Waals surface area (Å²) in [5.74, 6) is 6.44. The van der Waals surface area contributed by atoms with E-state index in [4.69, 9.17) is 15.3 Å². The summed E-state index contributed by atoms with van der Waals surface area (Å²) in [4.78, 5) is 4.05. The molecule has 3 N–H and O–H groups in total. The second-order valence-corrected chi connectivity index (χ2v) is 4.08. The molecule has 2 aromatic rings. The van der Waals surface area contributed by atoms with Crippen LogP contribution in [-0.2, 0) is 0 Å². The SMILES string of the molecule is COc1cccc(OC)c1C(NN)c1ccc(F)cn1. The van der Waals surface area contributed by atoms with Crippen molar-refractivity contribution < 1.29 is 13.9 Å². The summed E-state index contributed by atoms with van der Waals surface area (Å²) >= 11 is 0. The number of rotatable bonds is 5. The van der Waals surface area contributed by atoms with Gasteiger partial charge in [0.1, 0.15) is 17.3 Å². The van der Waals surface area contributed by atoms with Crippen LogP contribution in [0.15, 0.2) is 36.5 Å². The van der Waals surface area contributed by atoms with Gasteiger partial charge < -0.3 is 9.47 Å². The summed E-state index contributed by atoms with van der Waals surface area (Å²) in [6, 6.07) is 7.83. The first-order valence-electron chi connectivity index (χ1n) is 5.99. The van der Waals surface area contributed by atoms with Crippen molar-refractivity contribution in [1.29, 1.82) is 0 Å². The highest BCUT2D eigenvalue weighted by molar-refractivity contribution is 5.49. The van der Waals surface area contributed by atoms with Crippen LogP contribution in [0.3, 0.4) is 0 Å². The molecule has 0 saturated heterocycles. The number of ether oxygens (including phenoxy) is 2. The molecule has 2 rings (SSSR count). The molecule has 0 aliphatic heterocycles. The number of halogens is 1. The summed E-state index contributed by atoms with van der Waals surface area (Å²) in [6.45, 7) is 0. The molecule has 1 heterocycles.